The van der Waals surface area contributed by atoms with Crippen molar-refractivity contribution in [1.82, 2.24) is 0 Å². The average Bonchev–Trinajstić information content (AvgIpc) is 2.18. The second kappa shape index (κ2) is 4.64. The zero-order valence-corrected chi connectivity index (χ0v) is 9.21. The summed E-state index contributed by atoms with van der Waals surface area (Å²) in [4.78, 5) is 0. The third kappa shape index (κ3) is 3.25. The van der Waals surface area contributed by atoms with Gasteiger partial charge in [-0.25, -0.2) is 4.39 Å². The maximum atomic E-state index is 13.1. The molecule has 7 heteroatoms. The molecule has 0 aliphatic heterocycles. The fourth-order valence-corrected chi connectivity index (χ4v) is 1.65. The topological polar surface area (TPSA) is 44.5 Å². The minimum Gasteiger partial charge on any atom is -0.490 e. The molecular formula is C11H11F4NO2. The second-order valence-corrected chi connectivity index (χ2v) is 4.11. The van der Waals surface area contributed by atoms with Crippen LogP contribution in [0.5, 0.6) is 11.5 Å². The van der Waals surface area contributed by atoms with E-state index in [1.165, 1.54) is 6.07 Å². The Kier molecular flexibility index (Phi) is 3.34. The number of nitrogens with two attached hydrogens (primary N) is 1. The normalized spacial score (nSPS) is 23.4. The lowest BCUT2D eigenvalue weighted by Crippen LogP contribution is -2.43. The Morgan fingerprint density at radius 3 is 2.44 bits per heavy atom. The molecule has 0 unspecified atom stereocenters. The standard InChI is InChI=1S/C11H11F4NO2/c12-9-2-1-7(17-8-3-6(16)4-8)5-10(9)18-11(13,14)15/h1-2,5-6,8H,3-4,16H2/t6-,8-. The third-order valence-corrected chi connectivity index (χ3v) is 2.56. The van der Waals surface area contributed by atoms with E-state index in [1.807, 2.05) is 0 Å². The second-order valence-electron chi connectivity index (χ2n) is 4.11. The highest BCUT2D eigenvalue weighted by Crippen LogP contribution is 2.31. The molecule has 3 nitrogen and oxygen atoms in total. The number of halogens is 4. The average molecular weight is 265 g/mol. The third-order valence-electron chi connectivity index (χ3n) is 2.56. The number of benzene rings is 1. The lowest BCUT2D eigenvalue weighted by molar-refractivity contribution is -0.275. The van der Waals surface area contributed by atoms with Gasteiger partial charge in [0.25, 0.3) is 0 Å². The predicted molar refractivity (Wildman–Crippen MR) is 54.7 cm³/mol. The van der Waals surface area contributed by atoms with Crippen LogP contribution in [0.15, 0.2) is 18.2 Å². The SMILES string of the molecule is N[C@H]1C[C@H](Oc2ccc(F)c(OC(F)(F)F)c2)C1. The van der Waals surface area contributed by atoms with Crippen LogP contribution < -0.4 is 15.2 Å². The molecule has 1 aromatic rings. The molecule has 0 atom stereocenters. The monoisotopic (exact) mass is 265 g/mol. The Morgan fingerprint density at radius 1 is 1.22 bits per heavy atom. The quantitative estimate of drug-likeness (QED) is 0.854. The Balaban J connectivity index is 2.06. The van der Waals surface area contributed by atoms with E-state index in [4.69, 9.17) is 10.5 Å². The van der Waals surface area contributed by atoms with Crippen molar-refractivity contribution in [1.29, 1.82) is 0 Å². The smallest absolute Gasteiger partial charge is 0.490 e. The van der Waals surface area contributed by atoms with Crippen LogP contribution in [-0.2, 0) is 0 Å². The lowest BCUT2D eigenvalue weighted by Gasteiger charge is -2.32. The van der Waals surface area contributed by atoms with E-state index < -0.39 is 17.9 Å². The van der Waals surface area contributed by atoms with Gasteiger partial charge in [-0.05, 0) is 25.0 Å². The summed E-state index contributed by atoms with van der Waals surface area (Å²) >= 11 is 0. The van der Waals surface area contributed by atoms with E-state index in [1.54, 1.807) is 0 Å². The van der Waals surface area contributed by atoms with E-state index in [2.05, 4.69) is 4.74 Å². The summed E-state index contributed by atoms with van der Waals surface area (Å²) in [6.45, 7) is 0. The van der Waals surface area contributed by atoms with Crippen molar-refractivity contribution in [2.45, 2.75) is 31.3 Å². The van der Waals surface area contributed by atoms with Gasteiger partial charge in [0.05, 0.1) is 0 Å². The number of rotatable bonds is 3. The van der Waals surface area contributed by atoms with Gasteiger partial charge in [-0.15, -0.1) is 13.2 Å². The van der Waals surface area contributed by atoms with Crippen LogP contribution in [0.25, 0.3) is 0 Å². The Labute approximate surface area is 100 Å². The van der Waals surface area contributed by atoms with Crippen molar-refractivity contribution >= 4 is 0 Å². The first kappa shape index (κ1) is 12.9. The van der Waals surface area contributed by atoms with Crippen LogP contribution in [0, 0.1) is 5.82 Å². The van der Waals surface area contributed by atoms with E-state index >= 15 is 0 Å². The number of hydrogen-bond acceptors (Lipinski definition) is 3. The van der Waals surface area contributed by atoms with Gasteiger partial charge in [0.1, 0.15) is 11.9 Å². The summed E-state index contributed by atoms with van der Waals surface area (Å²) in [6, 6.07) is 3.06. The maximum absolute atomic E-state index is 13.1. The molecule has 1 saturated carbocycles. The maximum Gasteiger partial charge on any atom is 0.573 e. The fourth-order valence-electron chi connectivity index (χ4n) is 1.65. The Hall–Kier alpha value is -1.50. The minimum absolute atomic E-state index is 0.0568. The molecule has 1 aliphatic rings. The molecule has 0 aromatic heterocycles. The first-order chi connectivity index (χ1) is 8.33. The van der Waals surface area contributed by atoms with Crippen LogP contribution in [0.1, 0.15) is 12.8 Å². The summed E-state index contributed by atoms with van der Waals surface area (Å²) in [7, 11) is 0. The van der Waals surface area contributed by atoms with Crippen molar-refractivity contribution in [2.75, 3.05) is 0 Å². The molecule has 0 heterocycles. The van der Waals surface area contributed by atoms with Gasteiger partial charge < -0.3 is 15.2 Å². The van der Waals surface area contributed by atoms with Gasteiger partial charge in [-0.1, -0.05) is 0 Å². The van der Waals surface area contributed by atoms with E-state index in [-0.39, 0.29) is 17.9 Å². The van der Waals surface area contributed by atoms with Crippen LogP contribution in [0.3, 0.4) is 0 Å². The molecule has 0 spiro atoms. The van der Waals surface area contributed by atoms with Crippen molar-refractivity contribution in [3.63, 3.8) is 0 Å². The molecule has 0 saturated heterocycles. The van der Waals surface area contributed by atoms with Crippen LogP contribution in [-0.4, -0.2) is 18.5 Å². The largest absolute Gasteiger partial charge is 0.573 e. The first-order valence-corrected chi connectivity index (χ1v) is 5.31. The Morgan fingerprint density at radius 2 is 1.89 bits per heavy atom. The van der Waals surface area contributed by atoms with Crippen molar-refractivity contribution in [3.8, 4) is 11.5 Å². The number of hydrogen-bond donors (Lipinski definition) is 1. The molecule has 100 valence electrons. The summed E-state index contributed by atoms with van der Waals surface area (Å²) in [6.07, 6.45) is -3.80. The highest BCUT2D eigenvalue weighted by atomic mass is 19.4. The molecule has 0 radical (unpaired) electrons. The van der Waals surface area contributed by atoms with E-state index in [0.29, 0.717) is 12.8 Å². The highest BCUT2D eigenvalue weighted by Gasteiger charge is 2.33. The lowest BCUT2D eigenvalue weighted by atomic mass is 9.90. The van der Waals surface area contributed by atoms with Crippen LogP contribution in [0.4, 0.5) is 17.6 Å². The summed E-state index contributed by atoms with van der Waals surface area (Å²) in [5.74, 6) is -1.86. The van der Waals surface area contributed by atoms with Gasteiger partial charge in [0.15, 0.2) is 11.6 Å². The molecule has 2 rings (SSSR count). The molecule has 18 heavy (non-hydrogen) atoms. The summed E-state index contributed by atoms with van der Waals surface area (Å²) in [5.41, 5.74) is 5.55. The van der Waals surface area contributed by atoms with Crippen LogP contribution >= 0.6 is 0 Å². The number of alkyl halides is 3. The highest BCUT2D eigenvalue weighted by molar-refractivity contribution is 5.34. The molecule has 0 amide bonds. The molecular weight excluding hydrogens is 254 g/mol. The predicted octanol–water partition coefficient (Wildman–Crippen LogP) is 2.59. The van der Waals surface area contributed by atoms with Gasteiger partial charge >= 0.3 is 6.36 Å². The Bertz CT molecular complexity index is 430. The zero-order chi connectivity index (χ0) is 13.3. The van der Waals surface area contributed by atoms with E-state index in [9.17, 15) is 17.6 Å². The number of ether oxygens (including phenoxy) is 2. The van der Waals surface area contributed by atoms with Gasteiger partial charge in [-0.2, -0.15) is 0 Å². The van der Waals surface area contributed by atoms with Gasteiger partial charge in [0.2, 0.25) is 0 Å². The van der Waals surface area contributed by atoms with E-state index in [0.717, 1.165) is 12.1 Å². The molecule has 2 N–H and O–H groups in total. The van der Waals surface area contributed by atoms with Crippen molar-refractivity contribution in [2.24, 2.45) is 5.73 Å². The molecule has 1 aliphatic carbocycles. The molecule has 1 fully saturated rings. The zero-order valence-electron chi connectivity index (χ0n) is 9.21. The van der Waals surface area contributed by atoms with Gasteiger partial charge in [0, 0.05) is 12.1 Å². The fraction of sp³-hybridized carbons (Fsp3) is 0.455. The van der Waals surface area contributed by atoms with Crippen molar-refractivity contribution < 1.29 is 27.0 Å². The summed E-state index contributed by atoms with van der Waals surface area (Å²) < 4.78 is 58.0. The molecule has 1 aromatic carbocycles. The van der Waals surface area contributed by atoms with Gasteiger partial charge in [-0.3, -0.25) is 0 Å². The molecule has 0 bridgehead atoms. The first-order valence-electron chi connectivity index (χ1n) is 5.31. The summed E-state index contributed by atoms with van der Waals surface area (Å²) in [5, 5.41) is 0. The minimum atomic E-state index is -4.93. The van der Waals surface area contributed by atoms with Crippen molar-refractivity contribution in [3.05, 3.63) is 24.0 Å². The van der Waals surface area contributed by atoms with Crippen LogP contribution in [0.2, 0.25) is 0 Å².